The number of rotatable bonds is 3. The van der Waals surface area contributed by atoms with E-state index in [4.69, 9.17) is 0 Å². The number of nitrogens with one attached hydrogen (secondary N) is 1. The van der Waals surface area contributed by atoms with Crippen LogP contribution in [0.2, 0.25) is 0 Å². The van der Waals surface area contributed by atoms with Crippen molar-refractivity contribution in [1.82, 2.24) is 9.88 Å². The van der Waals surface area contributed by atoms with Gasteiger partial charge in [0.15, 0.2) is 9.84 Å². The first-order chi connectivity index (χ1) is 11.3. The van der Waals surface area contributed by atoms with Crippen molar-refractivity contribution >= 4 is 26.6 Å². The van der Waals surface area contributed by atoms with E-state index in [9.17, 15) is 13.2 Å². The highest BCUT2D eigenvalue weighted by Crippen LogP contribution is 2.28. The van der Waals surface area contributed by atoms with Gasteiger partial charge in [0.1, 0.15) is 5.69 Å². The maximum atomic E-state index is 12.9. The maximum Gasteiger partial charge on any atom is 0.270 e. The van der Waals surface area contributed by atoms with Gasteiger partial charge < -0.3 is 9.88 Å². The van der Waals surface area contributed by atoms with E-state index in [1.165, 1.54) is 6.26 Å². The number of benzene rings is 1. The predicted molar refractivity (Wildman–Crippen MR) is 96.0 cm³/mol. The Bertz CT molecular complexity index is 870. The molecule has 0 spiro atoms. The van der Waals surface area contributed by atoms with Crippen LogP contribution in [0, 0.1) is 6.92 Å². The third-order valence-electron chi connectivity index (χ3n) is 5.04. The predicted octanol–water partition coefficient (Wildman–Crippen LogP) is 2.90. The highest BCUT2D eigenvalue weighted by atomic mass is 32.2. The molecule has 0 aliphatic heterocycles. The average molecular weight is 348 g/mol. The van der Waals surface area contributed by atoms with Crippen molar-refractivity contribution < 1.29 is 13.2 Å². The number of amides is 1. The number of aromatic nitrogens is 1. The smallest absolute Gasteiger partial charge is 0.270 e. The van der Waals surface area contributed by atoms with Crippen molar-refractivity contribution in [3.63, 3.8) is 0 Å². The molecule has 130 valence electrons. The van der Waals surface area contributed by atoms with Gasteiger partial charge >= 0.3 is 0 Å². The number of aryl methyl sites for hydroxylation is 1. The molecule has 0 radical (unpaired) electrons. The molecule has 0 bridgehead atoms. The van der Waals surface area contributed by atoms with E-state index in [0.29, 0.717) is 12.1 Å². The SMILES string of the molecule is Cc1ccc2[nH]c(C(=O)N(C)[C@@H]3CCCC[C@@H]3S(C)(=O)=O)cc2c1. The number of hydrogen-bond acceptors (Lipinski definition) is 3. The molecule has 2 atom stereocenters. The summed E-state index contributed by atoms with van der Waals surface area (Å²) < 4.78 is 24.2. The molecule has 0 unspecified atom stereocenters. The van der Waals surface area contributed by atoms with Gasteiger partial charge in [-0.05, 0) is 38.0 Å². The molecule has 6 heteroatoms. The van der Waals surface area contributed by atoms with Crippen molar-refractivity contribution in [1.29, 1.82) is 0 Å². The van der Waals surface area contributed by atoms with Crippen LogP contribution in [0.15, 0.2) is 24.3 Å². The minimum Gasteiger partial charge on any atom is -0.351 e. The largest absolute Gasteiger partial charge is 0.351 e. The zero-order chi connectivity index (χ0) is 17.5. The molecule has 1 amide bonds. The first kappa shape index (κ1) is 17.0. The van der Waals surface area contributed by atoms with Gasteiger partial charge in [-0.3, -0.25) is 4.79 Å². The van der Waals surface area contributed by atoms with Crippen LogP contribution in [-0.2, 0) is 9.84 Å². The van der Waals surface area contributed by atoms with Gasteiger partial charge in [-0.25, -0.2) is 8.42 Å². The van der Waals surface area contributed by atoms with Crippen LogP contribution in [0.4, 0.5) is 0 Å². The molecule has 1 N–H and O–H groups in total. The Labute approximate surface area is 143 Å². The number of carbonyl (C=O) groups is 1. The number of nitrogens with zero attached hydrogens (tertiary/aromatic N) is 1. The first-order valence-electron chi connectivity index (χ1n) is 8.33. The summed E-state index contributed by atoms with van der Waals surface area (Å²) in [5, 5.41) is 0.530. The fraction of sp³-hybridized carbons (Fsp3) is 0.500. The Morgan fingerprint density at radius 3 is 2.62 bits per heavy atom. The van der Waals surface area contributed by atoms with Crippen molar-refractivity contribution in [2.45, 2.75) is 43.9 Å². The Hall–Kier alpha value is -1.82. The monoisotopic (exact) mass is 348 g/mol. The Kier molecular flexibility index (Phi) is 4.42. The van der Waals surface area contributed by atoms with Crippen molar-refractivity contribution in [3.8, 4) is 0 Å². The number of aromatic amines is 1. The third-order valence-corrected chi connectivity index (χ3v) is 6.69. The van der Waals surface area contributed by atoms with Gasteiger partial charge in [0.25, 0.3) is 5.91 Å². The standard InChI is InChI=1S/C18H24N2O3S/c1-12-8-9-14-13(10-12)11-15(19-14)18(21)20(2)16-6-4-5-7-17(16)24(3,22)23/h8-11,16-17,19H,4-7H2,1-3H3/t16-,17+/m1/s1. The average Bonchev–Trinajstić information content (AvgIpc) is 2.95. The molecule has 1 heterocycles. The summed E-state index contributed by atoms with van der Waals surface area (Å²) >= 11 is 0. The summed E-state index contributed by atoms with van der Waals surface area (Å²) in [6.07, 6.45) is 4.51. The maximum absolute atomic E-state index is 12.9. The fourth-order valence-electron chi connectivity index (χ4n) is 3.73. The molecule has 5 nitrogen and oxygen atoms in total. The second kappa shape index (κ2) is 6.24. The molecular weight excluding hydrogens is 324 g/mol. The molecule has 1 aromatic carbocycles. The summed E-state index contributed by atoms with van der Waals surface area (Å²) in [6, 6.07) is 7.58. The second-order valence-corrected chi connectivity index (χ2v) is 9.17. The van der Waals surface area contributed by atoms with Gasteiger partial charge in [0.2, 0.25) is 0 Å². The van der Waals surface area contributed by atoms with Gasteiger partial charge in [-0.1, -0.05) is 24.5 Å². The van der Waals surface area contributed by atoms with Crippen molar-refractivity contribution in [2.24, 2.45) is 0 Å². The van der Waals surface area contributed by atoms with E-state index in [1.54, 1.807) is 11.9 Å². The lowest BCUT2D eigenvalue weighted by atomic mass is 9.93. The van der Waals surface area contributed by atoms with E-state index < -0.39 is 15.1 Å². The number of H-pyrrole nitrogens is 1. The molecule has 24 heavy (non-hydrogen) atoms. The van der Waals surface area contributed by atoms with Crippen LogP contribution in [0.3, 0.4) is 0 Å². The molecule has 1 aliphatic carbocycles. The topological polar surface area (TPSA) is 70.2 Å². The van der Waals surface area contributed by atoms with Crippen LogP contribution < -0.4 is 0 Å². The summed E-state index contributed by atoms with van der Waals surface area (Å²) in [5.41, 5.74) is 2.56. The van der Waals surface area contributed by atoms with Gasteiger partial charge in [0, 0.05) is 30.2 Å². The minimum atomic E-state index is -3.17. The van der Waals surface area contributed by atoms with E-state index in [0.717, 1.165) is 35.7 Å². The summed E-state index contributed by atoms with van der Waals surface area (Å²) in [4.78, 5) is 17.6. The lowest BCUT2D eigenvalue weighted by Gasteiger charge is -2.36. The number of carbonyl (C=O) groups excluding carboxylic acids is 1. The van der Waals surface area contributed by atoms with Crippen LogP contribution in [0.25, 0.3) is 10.9 Å². The molecule has 3 rings (SSSR count). The highest BCUT2D eigenvalue weighted by molar-refractivity contribution is 7.91. The highest BCUT2D eigenvalue weighted by Gasteiger charge is 2.37. The molecule has 1 aliphatic rings. The van der Waals surface area contributed by atoms with Crippen LogP contribution in [0.5, 0.6) is 0 Å². The van der Waals surface area contributed by atoms with Crippen LogP contribution in [-0.4, -0.2) is 48.8 Å². The molecule has 2 aromatic rings. The summed E-state index contributed by atoms with van der Waals surface area (Å²) in [6.45, 7) is 2.01. The van der Waals surface area contributed by atoms with Gasteiger partial charge in [-0.2, -0.15) is 0 Å². The zero-order valence-corrected chi connectivity index (χ0v) is 15.2. The summed E-state index contributed by atoms with van der Waals surface area (Å²) in [5.74, 6) is -0.149. The van der Waals surface area contributed by atoms with E-state index in [2.05, 4.69) is 4.98 Å². The van der Waals surface area contributed by atoms with Gasteiger partial charge in [0.05, 0.1) is 5.25 Å². The van der Waals surface area contributed by atoms with Crippen molar-refractivity contribution in [2.75, 3.05) is 13.3 Å². The Morgan fingerprint density at radius 2 is 1.92 bits per heavy atom. The van der Waals surface area contributed by atoms with E-state index in [1.807, 2.05) is 31.2 Å². The first-order valence-corrected chi connectivity index (χ1v) is 10.3. The lowest BCUT2D eigenvalue weighted by Crippen LogP contribution is -2.49. The quantitative estimate of drug-likeness (QED) is 0.927. The molecule has 1 saturated carbocycles. The lowest BCUT2D eigenvalue weighted by molar-refractivity contribution is 0.0695. The molecule has 1 fully saturated rings. The van der Waals surface area contributed by atoms with Crippen LogP contribution >= 0.6 is 0 Å². The van der Waals surface area contributed by atoms with E-state index in [-0.39, 0.29) is 11.9 Å². The summed E-state index contributed by atoms with van der Waals surface area (Å²) in [7, 11) is -1.45. The number of fused-ring (bicyclic) bond motifs is 1. The fourth-order valence-corrected chi connectivity index (χ4v) is 5.21. The second-order valence-electron chi connectivity index (χ2n) is 6.91. The number of hydrogen-bond donors (Lipinski definition) is 1. The number of sulfone groups is 1. The minimum absolute atomic E-state index is 0.149. The third kappa shape index (κ3) is 3.20. The van der Waals surface area contributed by atoms with E-state index >= 15 is 0 Å². The Balaban J connectivity index is 1.89. The zero-order valence-electron chi connectivity index (χ0n) is 14.4. The molecule has 1 aromatic heterocycles. The van der Waals surface area contributed by atoms with Crippen LogP contribution in [0.1, 0.15) is 41.7 Å². The van der Waals surface area contributed by atoms with Crippen molar-refractivity contribution in [3.05, 3.63) is 35.5 Å². The Morgan fingerprint density at radius 1 is 1.21 bits per heavy atom. The molecular formula is C18H24N2O3S. The normalized spacial score (nSPS) is 21.8. The van der Waals surface area contributed by atoms with Gasteiger partial charge in [-0.15, -0.1) is 0 Å². The molecule has 0 saturated heterocycles.